The highest BCUT2D eigenvalue weighted by Crippen LogP contribution is 2.45. The number of primary amides is 1. The van der Waals surface area contributed by atoms with Gasteiger partial charge in [-0.25, -0.2) is 13.8 Å². The van der Waals surface area contributed by atoms with Gasteiger partial charge in [0.15, 0.2) is 0 Å². The number of rotatable bonds is 6. The molecule has 1 saturated carbocycles. The van der Waals surface area contributed by atoms with E-state index in [1.165, 1.54) is 11.3 Å². The molecular formula is C20H19F2N3O4S. The number of nitrogens with one attached hydrogen (secondary N) is 1. The van der Waals surface area contributed by atoms with Crippen molar-refractivity contribution in [2.45, 2.75) is 44.8 Å². The first-order valence-electron chi connectivity index (χ1n) is 9.15. The van der Waals surface area contributed by atoms with Gasteiger partial charge in [0, 0.05) is 18.2 Å². The number of nitrogens with zero attached hydrogens (tertiary/aromatic N) is 1. The van der Waals surface area contributed by atoms with Gasteiger partial charge in [0.2, 0.25) is 5.91 Å². The maximum atomic E-state index is 13.4. The normalized spacial score (nSPS) is 16.8. The molecule has 3 aromatic rings. The van der Waals surface area contributed by atoms with Crippen LogP contribution in [0.5, 0.6) is 5.75 Å². The molecule has 0 atom stereocenters. The van der Waals surface area contributed by atoms with Gasteiger partial charge >= 0.3 is 0 Å². The number of fused-ring (bicyclic) bond motifs is 1. The zero-order valence-corrected chi connectivity index (χ0v) is 17.1. The van der Waals surface area contributed by atoms with Gasteiger partial charge in [0.25, 0.3) is 11.8 Å². The Hall–Kier alpha value is -3.01. The van der Waals surface area contributed by atoms with Gasteiger partial charge < -0.3 is 20.2 Å². The van der Waals surface area contributed by atoms with Crippen molar-refractivity contribution < 1.29 is 27.5 Å². The molecule has 1 aromatic carbocycles. The fourth-order valence-corrected chi connectivity index (χ4v) is 4.31. The molecule has 0 aliphatic heterocycles. The van der Waals surface area contributed by atoms with E-state index in [9.17, 15) is 18.4 Å². The smallest absolute Gasteiger partial charge is 0.256 e. The first-order chi connectivity index (χ1) is 14.1. The van der Waals surface area contributed by atoms with Crippen LogP contribution in [-0.4, -0.2) is 28.3 Å². The number of benzene rings is 1. The topological polar surface area (TPSA) is 107 Å². The summed E-state index contributed by atoms with van der Waals surface area (Å²) < 4.78 is 38.2. The molecule has 30 heavy (non-hydrogen) atoms. The maximum absolute atomic E-state index is 13.4. The summed E-state index contributed by atoms with van der Waals surface area (Å²) in [5.74, 6) is -3.92. The van der Waals surface area contributed by atoms with E-state index in [1.807, 2.05) is 6.92 Å². The highest BCUT2D eigenvalue weighted by molar-refractivity contribution is 7.09. The third-order valence-corrected chi connectivity index (χ3v) is 6.13. The lowest BCUT2D eigenvalue weighted by Crippen LogP contribution is -2.68. The molecule has 0 unspecified atom stereocenters. The molecule has 3 N–H and O–H groups in total. The summed E-state index contributed by atoms with van der Waals surface area (Å²) >= 11 is 1.48. The second kappa shape index (κ2) is 7.05. The van der Waals surface area contributed by atoms with Gasteiger partial charge in [-0.3, -0.25) is 9.59 Å². The number of halogens is 2. The van der Waals surface area contributed by atoms with Crippen molar-refractivity contribution >= 4 is 34.1 Å². The Bertz CT molecular complexity index is 1150. The Labute approximate surface area is 174 Å². The van der Waals surface area contributed by atoms with E-state index in [0.29, 0.717) is 29.1 Å². The number of carbonyl (C=O) groups is 2. The van der Waals surface area contributed by atoms with Crippen LogP contribution in [0.3, 0.4) is 0 Å². The Morgan fingerprint density at radius 2 is 2.07 bits per heavy atom. The molecule has 4 rings (SSSR count). The van der Waals surface area contributed by atoms with E-state index >= 15 is 0 Å². The van der Waals surface area contributed by atoms with Crippen molar-refractivity contribution in [3.05, 3.63) is 45.6 Å². The minimum Gasteiger partial charge on any atom is -0.488 e. The van der Waals surface area contributed by atoms with Crippen molar-refractivity contribution in [3.8, 4) is 5.75 Å². The van der Waals surface area contributed by atoms with E-state index in [0.717, 1.165) is 10.6 Å². The molecule has 158 valence electrons. The third-order valence-electron chi connectivity index (χ3n) is 5.22. The number of ether oxygens (including phenoxy) is 1. The second-order valence-electron chi connectivity index (χ2n) is 7.45. The Morgan fingerprint density at radius 1 is 1.33 bits per heavy atom. The number of hydrogen-bond donors (Lipinski definition) is 2. The Morgan fingerprint density at radius 3 is 2.67 bits per heavy atom. The van der Waals surface area contributed by atoms with Gasteiger partial charge in [0.1, 0.15) is 29.2 Å². The second-order valence-corrected chi connectivity index (χ2v) is 8.39. The van der Waals surface area contributed by atoms with Gasteiger partial charge in [0.05, 0.1) is 21.6 Å². The summed E-state index contributed by atoms with van der Waals surface area (Å²) in [6.45, 7) is 3.79. The van der Waals surface area contributed by atoms with Gasteiger partial charge in [-0.1, -0.05) is 0 Å². The number of carbonyl (C=O) groups excluding carboxylic acids is 2. The van der Waals surface area contributed by atoms with E-state index in [1.54, 1.807) is 30.6 Å². The van der Waals surface area contributed by atoms with Crippen LogP contribution in [0.25, 0.3) is 11.0 Å². The summed E-state index contributed by atoms with van der Waals surface area (Å²) in [4.78, 5) is 29.8. The molecular weight excluding hydrogens is 416 g/mol. The molecule has 1 fully saturated rings. The van der Waals surface area contributed by atoms with Gasteiger partial charge in [-0.15, -0.1) is 11.3 Å². The largest absolute Gasteiger partial charge is 0.488 e. The highest BCUT2D eigenvalue weighted by Gasteiger charge is 2.61. The van der Waals surface area contributed by atoms with Crippen molar-refractivity contribution in [3.63, 3.8) is 0 Å². The van der Waals surface area contributed by atoms with Crippen molar-refractivity contribution in [1.29, 1.82) is 0 Å². The Balaban J connectivity index is 1.60. The minimum atomic E-state index is -3.04. The first kappa shape index (κ1) is 20.3. The SMILES string of the molecule is Cc1ncsc1COc1ccc2oc(C)c(C(=O)NC3(C(N)=O)CC(F)(F)C3)c2c1. The molecule has 1 aliphatic rings. The van der Waals surface area contributed by atoms with Crippen molar-refractivity contribution in [2.24, 2.45) is 5.73 Å². The predicted molar refractivity (Wildman–Crippen MR) is 106 cm³/mol. The average Bonchev–Trinajstić information content (AvgIpc) is 3.19. The van der Waals surface area contributed by atoms with Gasteiger partial charge in [-0.2, -0.15) is 0 Å². The summed E-state index contributed by atoms with van der Waals surface area (Å²) in [6.07, 6.45) is -1.64. The Kier molecular flexibility index (Phi) is 4.76. The molecule has 0 bridgehead atoms. The monoisotopic (exact) mass is 435 g/mol. The lowest BCUT2D eigenvalue weighted by atomic mass is 9.72. The number of thiazole rings is 1. The van der Waals surface area contributed by atoms with E-state index in [4.69, 9.17) is 14.9 Å². The average molecular weight is 435 g/mol. The lowest BCUT2D eigenvalue weighted by Gasteiger charge is -2.45. The van der Waals surface area contributed by atoms with Crippen LogP contribution >= 0.6 is 11.3 Å². The summed E-state index contributed by atoms with van der Waals surface area (Å²) in [7, 11) is 0. The van der Waals surface area contributed by atoms with E-state index in [2.05, 4.69) is 10.3 Å². The van der Waals surface area contributed by atoms with Crippen LogP contribution < -0.4 is 15.8 Å². The number of amides is 2. The highest BCUT2D eigenvalue weighted by atomic mass is 32.1. The molecule has 1 aliphatic carbocycles. The fourth-order valence-electron chi connectivity index (χ4n) is 3.62. The summed E-state index contributed by atoms with van der Waals surface area (Å²) in [6, 6.07) is 5.01. The van der Waals surface area contributed by atoms with E-state index in [-0.39, 0.29) is 5.56 Å². The number of alkyl halides is 2. The number of nitrogens with two attached hydrogens (primary N) is 1. The van der Waals surface area contributed by atoms with Crippen LogP contribution in [0.15, 0.2) is 28.1 Å². The standard InChI is InChI=1S/C20H19F2N3O4S/c1-10-15(30-9-24-10)6-28-12-3-4-14-13(5-12)16(11(2)29-14)17(26)25-19(18(23)27)7-20(21,22)8-19/h3-5,9H,6-8H2,1-2H3,(H2,23,27)(H,25,26). The molecule has 2 amide bonds. The zero-order valence-electron chi connectivity index (χ0n) is 16.3. The predicted octanol–water partition coefficient (Wildman–Crippen LogP) is 3.47. The third kappa shape index (κ3) is 3.51. The van der Waals surface area contributed by atoms with Crippen LogP contribution in [0.1, 0.15) is 39.5 Å². The number of aromatic nitrogens is 1. The molecule has 0 spiro atoms. The molecule has 2 aromatic heterocycles. The molecule has 2 heterocycles. The van der Waals surface area contributed by atoms with Crippen LogP contribution in [0.4, 0.5) is 8.78 Å². The maximum Gasteiger partial charge on any atom is 0.256 e. The zero-order chi connectivity index (χ0) is 21.7. The molecule has 10 heteroatoms. The van der Waals surface area contributed by atoms with Crippen molar-refractivity contribution in [2.75, 3.05) is 0 Å². The quantitative estimate of drug-likeness (QED) is 0.617. The van der Waals surface area contributed by atoms with Crippen LogP contribution in [0, 0.1) is 13.8 Å². The number of aryl methyl sites for hydroxylation is 2. The fraction of sp³-hybridized carbons (Fsp3) is 0.350. The minimum absolute atomic E-state index is 0.153. The summed E-state index contributed by atoms with van der Waals surface area (Å²) in [5, 5.41) is 2.85. The van der Waals surface area contributed by atoms with Crippen LogP contribution in [0.2, 0.25) is 0 Å². The van der Waals surface area contributed by atoms with E-state index < -0.39 is 36.1 Å². The van der Waals surface area contributed by atoms with Crippen LogP contribution in [-0.2, 0) is 11.4 Å². The molecule has 0 saturated heterocycles. The first-order valence-corrected chi connectivity index (χ1v) is 10.0. The van der Waals surface area contributed by atoms with Gasteiger partial charge in [-0.05, 0) is 32.0 Å². The van der Waals surface area contributed by atoms with Crippen molar-refractivity contribution in [1.82, 2.24) is 10.3 Å². The number of hydrogen-bond acceptors (Lipinski definition) is 6. The lowest BCUT2D eigenvalue weighted by molar-refractivity contribution is -0.157. The molecule has 7 nitrogen and oxygen atoms in total. The summed E-state index contributed by atoms with van der Waals surface area (Å²) in [5.41, 5.74) is 6.73. The number of furan rings is 1. The molecule has 0 radical (unpaired) electrons.